The topological polar surface area (TPSA) is 235 Å². The van der Waals surface area contributed by atoms with Crippen LogP contribution in [-0.2, 0) is 6.61 Å². The summed E-state index contributed by atoms with van der Waals surface area (Å²) in [7, 11) is 0. The fraction of sp³-hybridized carbons (Fsp3) is 0.0455. The van der Waals surface area contributed by atoms with E-state index in [1.807, 2.05) is 232 Å². The van der Waals surface area contributed by atoms with Gasteiger partial charge in [0.15, 0.2) is 53.7 Å². The highest BCUT2D eigenvalue weighted by molar-refractivity contribution is 7.18. The summed E-state index contributed by atoms with van der Waals surface area (Å²) < 4.78 is 23.0. The van der Waals surface area contributed by atoms with E-state index >= 15 is 0 Å². The predicted molar refractivity (Wildman–Crippen MR) is 492 cm³/mol. The lowest BCUT2D eigenvalue weighted by Gasteiger charge is -2.02. The molecule has 0 saturated heterocycles. The Morgan fingerprint density at radius 3 is 1.10 bits per heavy atom. The highest BCUT2D eigenvalue weighted by Crippen LogP contribution is 2.37. The van der Waals surface area contributed by atoms with Gasteiger partial charge in [0.2, 0.25) is 0 Å². The number of ketones is 5. The van der Waals surface area contributed by atoms with E-state index in [1.165, 1.54) is 115 Å². The lowest BCUT2D eigenvalue weighted by molar-refractivity contribution is -0.384. The van der Waals surface area contributed by atoms with Gasteiger partial charge in [-0.05, 0) is 187 Å². The first-order valence-corrected chi connectivity index (χ1v) is 45.5. The highest BCUT2D eigenvalue weighted by atomic mass is 35.5. The summed E-state index contributed by atoms with van der Waals surface area (Å²) in [4.78, 5) is 105. The van der Waals surface area contributed by atoms with Gasteiger partial charge in [-0.2, -0.15) is 0 Å². The van der Waals surface area contributed by atoms with Crippen LogP contribution in [0.2, 0.25) is 10.0 Å². The average Bonchev–Trinajstić information content (AvgIpc) is 1.83. The minimum absolute atomic E-state index is 0.000965. The molecule has 32 heteroatoms. The van der Waals surface area contributed by atoms with Crippen LogP contribution in [0.5, 0.6) is 0 Å². The number of thiazole rings is 5. The smallest absolute Gasteiger partial charge is 0.288 e. The van der Waals surface area contributed by atoms with E-state index in [0.29, 0.717) is 31.7 Å². The Hall–Kier alpha value is -11.9. The Morgan fingerprint density at radius 1 is 0.408 bits per heavy atom. The van der Waals surface area contributed by atoms with Gasteiger partial charge in [-0.15, -0.1) is 113 Å². The van der Waals surface area contributed by atoms with Crippen LogP contribution < -0.4 is 0 Å². The fourth-order valence-electron chi connectivity index (χ4n) is 12.2. The predicted octanol–water partition coefficient (Wildman–Crippen LogP) is 25.2. The van der Waals surface area contributed by atoms with Gasteiger partial charge < -0.3 is 5.11 Å². The maximum atomic E-state index is 13.2. The number of benzene rings is 4. The zero-order chi connectivity index (χ0) is 83.5. The number of carbonyl (C=O) groups is 5. The lowest BCUT2D eigenvalue weighted by Crippen LogP contribution is -1.93. The molecule has 19 rings (SSSR count). The number of thiophene rings is 5. The maximum absolute atomic E-state index is 13.2. The molecule has 0 fully saturated rings. The van der Waals surface area contributed by atoms with Gasteiger partial charge in [-0.25, -0.2) is 29.3 Å². The van der Waals surface area contributed by atoms with Gasteiger partial charge >= 0.3 is 0 Å². The van der Waals surface area contributed by atoms with E-state index in [4.69, 9.17) is 33.2 Å². The second-order valence-electron chi connectivity index (χ2n) is 25.8. The average molecular weight is 1810 g/mol. The van der Waals surface area contributed by atoms with Crippen molar-refractivity contribution in [1.29, 1.82) is 0 Å². The number of allylic oxidation sites excluding steroid dienone is 5. The van der Waals surface area contributed by atoms with Gasteiger partial charge in [0.25, 0.3) is 5.69 Å². The third-order valence-corrected chi connectivity index (χ3v) is 26.9. The first kappa shape index (κ1) is 83.2. The van der Waals surface area contributed by atoms with Crippen molar-refractivity contribution in [2.24, 2.45) is 0 Å². The molecule has 0 aliphatic carbocycles. The zero-order valence-electron chi connectivity index (χ0n) is 62.9. The number of imidazole rings is 5. The number of aliphatic hydroxyl groups is 1. The lowest BCUT2D eigenvalue weighted by atomic mass is 10.1. The fourth-order valence-corrected chi connectivity index (χ4v) is 19.6. The summed E-state index contributed by atoms with van der Waals surface area (Å²) in [5.74, 6) is -0.412. The number of carbonyl (C=O) groups excluding carboxylic acids is 5. The molecule has 1 N–H and O–H groups in total. The number of nitro benzene ring substituents is 1. The van der Waals surface area contributed by atoms with Gasteiger partial charge in [0, 0.05) is 90.2 Å². The second kappa shape index (κ2) is 38.0. The first-order valence-electron chi connectivity index (χ1n) is 36.1. The molecule has 0 bridgehead atoms. The quantitative estimate of drug-likeness (QED) is 0.0305. The molecule has 15 aromatic heterocycles. The number of aliphatic hydroxyl groups excluding tert-OH is 1. The number of aryl methyl sites for hydroxylation is 3. The molecule has 19 nitrogen and oxygen atoms in total. The summed E-state index contributed by atoms with van der Waals surface area (Å²) in [5, 5.41) is 36.4. The van der Waals surface area contributed by atoms with Crippen molar-refractivity contribution in [3.05, 3.63) is 356 Å². The van der Waals surface area contributed by atoms with Crippen molar-refractivity contribution in [3.63, 3.8) is 0 Å². The first-order chi connectivity index (χ1) is 58.3. The second-order valence-corrected chi connectivity index (χ2v) is 36.4. The molecule has 596 valence electrons. The van der Waals surface area contributed by atoms with E-state index in [2.05, 4.69) is 15.0 Å². The van der Waals surface area contributed by atoms with Crippen molar-refractivity contribution in [1.82, 2.24) is 46.9 Å². The van der Waals surface area contributed by atoms with E-state index < -0.39 is 4.92 Å². The van der Waals surface area contributed by atoms with Crippen molar-refractivity contribution in [2.75, 3.05) is 0 Å². The molecule has 120 heavy (non-hydrogen) atoms. The van der Waals surface area contributed by atoms with Crippen LogP contribution in [0.4, 0.5) is 10.1 Å². The Bertz CT molecular complexity index is 7050. The Kier molecular flexibility index (Phi) is 26.4. The number of nitrogens with zero attached hydrogens (tertiary/aromatic N) is 11. The molecule has 0 amide bonds. The minimum Gasteiger partial charge on any atom is -0.392 e. The van der Waals surface area contributed by atoms with Crippen molar-refractivity contribution in [2.45, 2.75) is 27.4 Å². The van der Waals surface area contributed by atoms with E-state index in [-0.39, 0.29) is 52.1 Å². The van der Waals surface area contributed by atoms with Crippen LogP contribution >= 0.6 is 137 Å². The van der Waals surface area contributed by atoms with E-state index in [9.17, 15) is 43.6 Å². The van der Waals surface area contributed by atoms with Crippen LogP contribution in [0.25, 0.3) is 100 Å². The van der Waals surface area contributed by atoms with Crippen LogP contribution in [0.15, 0.2) is 256 Å². The van der Waals surface area contributed by atoms with Gasteiger partial charge in [-0.3, -0.25) is 56.1 Å². The Balaban J connectivity index is 0.000000118. The van der Waals surface area contributed by atoms with Crippen molar-refractivity contribution >= 4 is 226 Å². The molecule has 0 radical (unpaired) electrons. The normalized spacial score (nSPS) is 11.6. The zero-order valence-corrected chi connectivity index (χ0v) is 72.5. The Morgan fingerprint density at radius 2 is 0.733 bits per heavy atom. The Labute approximate surface area is 733 Å². The van der Waals surface area contributed by atoms with Crippen LogP contribution in [0.3, 0.4) is 0 Å². The van der Waals surface area contributed by atoms with Crippen LogP contribution in [0.1, 0.15) is 97.8 Å². The number of hydrogen-bond donors (Lipinski definition) is 1. The molecular weight excluding hydrogens is 1750 g/mol. The SMILES string of the molecule is Cc1cn2c(/C=C/C(=O)c3cccs3)c(-c3ccc(CO)cc3)nc2s1.Cc1cn2c(/C=C/C(=O)c3cccs3)c(-c3ccc(Cl)cc3)nc2s1.Cc1nc2sccn2c1/C=C/C(=O)c1cccs1.O=C(/C=C/c1c(-c2ccc(Cl)c([N+](=O)[O-])c2)nc2sccn12)c1cccs1.O=C(/C=C/c1c(-c2ccc(F)cc2)nc2sccn12)c1cccs1. The molecule has 0 spiro atoms. The number of nitro groups is 1. The maximum Gasteiger partial charge on any atom is 0.288 e. The summed E-state index contributed by atoms with van der Waals surface area (Å²) in [5.41, 5.74) is 12.1. The summed E-state index contributed by atoms with van der Waals surface area (Å²) in [6, 6.07) is 44.4. The van der Waals surface area contributed by atoms with E-state index in [1.54, 1.807) is 101 Å². The minimum atomic E-state index is -0.528. The van der Waals surface area contributed by atoms with Gasteiger partial charge in [-0.1, -0.05) is 96.0 Å². The molecule has 4 aromatic carbocycles. The third-order valence-electron chi connectivity index (χ3n) is 17.9. The molecule has 0 unspecified atom stereocenters. The highest BCUT2D eigenvalue weighted by Gasteiger charge is 2.22. The molecule has 15 heterocycles. The standard InChI is InChI=1S/C20H16N2O2S2.C19H13ClN2OS2.C18H10ClN3O3S2.C18H11FN2OS2.C13H10N2OS2/c1-13-11-22-16(8-9-17(24)18-3-2-10-25-18)19(21-20(22)26-13)15-6-4-14(12-23)5-7-15;1-12-11-22-15(8-9-16(23)17-3-2-10-24-17)18(21-19(22)25-12)13-4-6-14(20)7-5-13;19-12-4-3-11(10-14(12)22(24)25)17-13(21-7-9-27-18(21)20-17)5-6-15(23)16-2-1-8-26-16;19-13-5-3-12(4-6-13)17-14(21-9-11-24-18(21)20-17)7-8-15(22)16-2-1-10-23-16;1-9-10(15-6-8-18-13(15)14-9)4-5-11(16)12-3-2-7-17-12/h2-11,23H,12H2,1H3;2-11H,1H3;1-10H;1-11H;2-8H,1H3/b2*9-8+;6-5+;8-7+;5-4+. The summed E-state index contributed by atoms with van der Waals surface area (Å²) >= 11 is 26.8. The number of hydrogen-bond acceptors (Lipinski definition) is 23. The summed E-state index contributed by atoms with van der Waals surface area (Å²) in [6.07, 6.45) is 26.6. The number of fused-ring (bicyclic) bond motifs is 5. The van der Waals surface area contributed by atoms with E-state index in [0.717, 1.165) is 112 Å². The molecule has 0 saturated carbocycles. The summed E-state index contributed by atoms with van der Waals surface area (Å²) in [6.45, 7) is 6.06. The van der Waals surface area contributed by atoms with Crippen molar-refractivity contribution in [3.8, 4) is 45.0 Å². The number of aromatic nitrogens is 10. The van der Waals surface area contributed by atoms with Crippen molar-refractivity contribution < 1.29 is 38.4 Å². The van der Waals surface area contributed by atoms with Gasteiger partial charge in [0.05, 0.1) is 92.9 Å². The largest absolute Gasteiger partial charge is 0.392 e. The molecule has 0 aliphatic rings. The third kappa shape index (κ3) is 19.2. The van der Waals surface area contributed by atoms with Crippen LogP contribution in [-0.4, -0.2) is 85.9 Å². The molecule has 19 aromatic rings. The molecule has 0 aliphatic heterocycles. The molecule has 0 atom stereocenters. The van der Waals surface area contributed by atoms with Gasteiger partial charge in [0.1, 0.15) is 10.8 Å². The van der Waals surface area contributed by atoms with Crippen LogP contribution in [0, 0.1) is 36.7 Å². The monoisotopic (exact) mass is 1810 g/mol. The molecular formula is C88H60Cl2FN11O8S10. The number of halogens is 3. The number of rotatable bonds is 21.